The summed E-state index contributed by atoms with van der Waals surface area (Å²) in [5.74, 6) is 1.71. The number of rotatable bonds is 3. The van der Waals surface area contributed by atoms with Gasteiger partial charge in [-0.15, -0.1) is 0 Å². The normalized spacial score (nSPS) is 29.0. The fraction of sp³-hybridized carbons (Fsp3) is 0.562. The van der Waals surface area contributed by atoms with Gasteiger partial charge in [0.1, 0.15) is 5.75 Å². The van der Waals surface area contributed by atoms with Crippen LogP contribution in [0.25, 0.3) is 0 Å². The summed E-state index contributed by atoms with van der Waals surface area (Å²) in [6.07, 6.45) is 0. The number of fused-ring (bicyclic) bond motifs is 1. The number of para-hydroxylation sites is 1. The molecule has 1 aromatic carbocycles. The van der Waals surface area contributed by atoms with E-state index in [9.17, 15) is 4.79 Å². The summed E-state index contributed by atoms with van der Waals surface area (Å²) in [5.41, 5.74) is 1.29. The maximum absolute atomic E-state index is 11.7. The van der Waals surface area contributed by atoms with Crippen LogP contribution in [0.4, 0.5) is 0 Å². The Bertz CT molecular complexity index is 502. The summed E-state index contributed by atoms with van der Waals surface area (Å²) in [6.45, 7) is 5.58. The van der Waals surface area contributed by atoms with E-state index in [1.807, 2.05) is 12.1 Å². The van der Waals surface area contributed by atoms with E-state index >= 15 is 0 Å². The van der Waals surface area contributed by atoms with Crippen LogP contribution in [0.5, 0.6) is 5.75 Å². The number of likely N-dealkylation sites (tertiary alicyclic amines) is 1. The van der Waals surface area contributed by atoms with E-state index in [1.165, 1.54) is 12.7 Å². The molecular weight excluding hydrogens is 254 g/mol. The lowest BCUT2D eigenvalue weighted by molar-refractivity contribution is -0.146. The summed E-state index contributed by atoms with van der Waals surface area (Å²) >= 11 is 0. The molecule has 0 aliphatic carbocycles. The standard InChI is InChI=1S/C16H21NO3/c1-11-7-17(9-14(11)16(18)19-2)8-12-10-20-15-6-4-3-5-13(12)15/h3-6,11-12,14H,7-10H2,1-2H3. The van der Waals surface area contributed by atoms with E-state index in [2.05, 4.69) is 24.0 Å². The zero-order chi connectivity index (χ0) is 14.1. The molecule has 2 aliphatic rings. The third-order valence-electron chi connectivity index (χ3n) is 4.47. The third kappa shape index (κ3) is 2.40. The van der Waals surface area contributed by atoms with Crippen molar-refractivity contribution in [1.29, 1.82) is 0 Å². The van der Waals surface area contributed by atoms with Crippen molar-refractivity contribution in [1.82, 2.24) is 4.90 Å². The highest BCUT2D eigenvalue weighted by atomic mass is 16.5. The van der Waals surface area contributed by atoms with Crippen LogP contribution in [0.2, 0.25) is 0 Å². The van der Waals surface area contributed by atoms with E-state index in [0.717, 1.165) is 32.0 Å². The number of nitrogens with zero attached hydrogens (tertiary/aromatic N) is 1. The molecule has 2 heterocycles. The highest BCUT2D eigenvalue weighted by molar-refractivity contribution is 5.73. The highest BCUT2D eigenvalue weighted by Gasteiger charge is 2.37. The maximum atomic E-state index is 11.7. The molecule has 1 saturated heterocycles. The Balaban J connectivity index is 1.64. The molecule has 108 valence electrons. The van der Waals surface area contributed by atoms with Gasteiger partial charge in [0.05, 0.1) is 19.6 Å². The first-order valence-corrected chi connectivity index (χ1v) is 7.21. The summed E-state index contributed by atoms with van der Waals surface area (Å²) in [5, 5.41) is 0. The molecule has 0 radical (unpaired) electrons. The average molecular weight is 275 g/mol. The molecule has 0 bridgehead atoms. The van der Waals surface area contributed by atoms with E-state index < -0.39 is 0 Å². The van der Waals surface area contributed by atoms with Crippen LogP contribution in [-0.4, -0.2) is 44.2 Å². The van der Waals surface area contributed by atoms with Crippen LogP contribution in [0.1, 0.15) is 18.4 Å². The second kappa shape index (κ2) is 5.44. The molecule has 3 rings (SSSR count). The Morgan fingerprint density at radius 1 is 1.40 bits per heavy atom. The number of methoxy groups -OCH3 is 1. The Morgan fingerprint density at radius 3 is 3.00 bits per heavy atom. The second-order valence-electron chi connectivity index (χ2n) is 5.87. The van der Waals surface area contributed by atoms with Gasteiger partial charge in [-0.05, 0) is 12.0 Å². The third-order valence-corrected chi connectivity index (χ3v) is 4.47. The lowest BCUT2D eigenvalue weighted by Crippen LogP contribution is -2.28. The zero-order valence-corrected chi connectivity index (χ0v) is 12.0. The van der Waals surface area contributed by atoms with Crippen LogP contribution < -0.4 is 4.74 Å². The van der Waals surface area contributed by atoms with Crippen LogP contribution >= 0.6 is 0 Å². The van der Waals surface area contributed by atoms with Crippen LogP contribution in [0.15, 0.2) is 24.3 Å². The van der Waals surface area contributed by atoms with Gasteiger partial charge in [-0.1, -0.05) is 25.1 Å². The fourth-order valence-corrected chi connectivity index (χ4v) is 3.37. The van der Waals surface area contributed by atoms with Gasteiger partial charge in [-0.2, -0.15) is 0 Å². The van der Waals surface area contributed by atoms with E-state index in [0.29, 0.717) is 11.8 Å². The van der Waals surface area contributed by atoms with Gasteiger partial charge >= 0.3 is 5.97 Å². The molecule has 0 amide bonds. The largest absolute Gasteiger partial charge is 0.493 e. The highest BCUT2D eigenvalue weighted by Crippen LogP contribution is 2.35. The molecule has 0 saturated carbocycles. The molecular formula is C16H21NO3. The molecule has 1 aromatic rings. The predicted octanol–water partition coefficient (Wildman–Crippen LogP) is 1.90. The van der Waals surface area contributed by atoms with Crippen molar-refractivity contribution in [2.45, 2.75) is 12.8 Å². The topological polar surface area (TPSA) is 38.8 Å². The zero-order valence-electron chi connectivity index (χ0n) is 12.0. The molecule has 2 aliphatic heterocycles. The van der Waals surface area contributed by atoms with Crippen molar-refractivity contribution < 1.29 is 14.3 Å². The van der Waals surface area contributed by atoms with Crippen LogP contribution in [-0.2, 0) is 9.53 Å². The Labute approximate surface area is 119 Å². The number of carbonyl (C=O) groups excluding carboxylic acids is 1. The Kier molecular flexibility index (Phi) is 3.66. The van der Waals surface area contributed by atoms with Crippen molar-refractivity contribution in [2.75, 3.05) is 33.4 Å². The van der Waals surface area contributed by atoms with Crippen molar-refractivity contribution in [2.24, 2.45) is 11.8 Å². The number of esters is 1. The van der Waals surface area contributed by atoms with Crippen molar-refractivity contribution in [3.8, 4) is 5.75 Å². The molecule has 0 aromatic heterocycles. The van der Waals surface area contributed by atoms with Crippen molar-refractivity contribution in [3.63, 3.8) is 0 Å². The minimum Gasteiger partial charge on any atom is -0.493 e. The number of benzene rings is 1. The number of ether oxygens (including phenoxy) is 2. The molecule has 20 heavy (non-hydrogen) atoms. The summed E-state index contributed by atoms with van der Waals surface area (Å²) in [7, 11) is 1.47. The quantitative estimate of drug-likeness (QED) is 0.790. The molecule has 0 N–H and O–H groups in total. The van der Waals surface area contributed by atoms with Gasteiger partial charge in [-0.25, -0.2) is 0 Å². The van der Waals surface area contributed by atoms with Gasteiger partial charge in [-0.3, -0.25) is 4.79 Å². The van der Waals surface area contributed by atoms with Gasteiger partial charge in [0.15, 0.2) is 0 Å². The van der Waals surface area contributed by atoms with Gasteiger partial charge < -0.3 is 14.4 Å². The molecule has 4 nitrogen and oxygen atoms in total. The van der Waals surface area contributed by atoms with E-state index in [-0.39, 0.29) is 11.9 Å². The van der Waals surface area contributed by atoms with Gasteiger partial charge in [0.2, 0.25) is 0 Å². The van der Waals surface area contributed by atoms with Gasteiger partial charge in [0, 0.05) is 31.1 Å². The smallest absolute Gasteiger partial charge is 0.310 e. The Morgan fingerprint density at radius 2 is 2.20 bits per heavy atom. The molecule has 4 heteroatoms. The van der Waals surface area contributed by atoms with Gasteiger partial charge in [0.25, 0.3) is 0 Å². The summed E-state index contributed by atoms with van der Waals surface area (Å²) in [4.78, 5) is 14.1. The van der Waals surface area contributed by atoms with E-state index in [1.54, 1.807) is 0 Å². The summed E-state index contributed by atoms with van der Waals surface area (Å²) in [6, 6.07) is 8.24. The minimum atomic E-state index is -0.0805. The summed E-state index contributed by atoms with van der Waals surface area (Å²) < 4.78 is 10.6. The van der Waals surface area contributed by atoms with Crippen molar-refractivity contribution >= 4 is 5.97 Å². The maximum Gasteiger partial charge on any atom is 0.310 e. The predicted molar refractivity (Wildman–Crippen MR) is 75.8 cm³/mol. The fourth-order valence-electron chi connectivity index (χ4n) is 3.37. The SMILES string of the molecule is COC(=O)C1CN(CC2COc3ccccc32)CC1C. The number of hydrogen-bond acceptors (Lipinski definition) is 4. The molecule has 3 unspecified atom stereocenters. The average Bonchev–Trinajstić information content (AvgIpc) is 3.03. The lowest BCUT2D eigenvalue weighted by atomic mass is 9.99. The first kappa shape index (κ1) is 13.4. The Hall–Kier alpha value is -1.55. The monoisotopic (exact) mass is 275 g/mol. The van der Waals surface area contributed by atoms with E-state index in [4.69, 9.17) is 9.47 Å². The molecule has 1 fully saturated rings. The first-order chi connectivity index (χ1) is 9.69. The molecule has 3 atom stereocenters. The lowest BCUT2D eigenvalue weighted by Gasteiger charge is -2.19. The van der Waals surface area contributed by atoms with Crippen LogP contribution in [0, 0.1) is 11.8 Å². The minimum absolute atomic E-state index is 0.0116. The number of carbonyl (C=O) groups is 1. The second-order valence-corrected chi connectivity index (χ2v) is 5.87. The van der Waals surface area contributed by atoms with Crippen molar-refractivity contribution in [3.05, 3.63) is 29.8 Å². The number of hydrogen-bond donors (Lipinski definition) is 0. The first-order valence-electron chi connectivity index (χ1n) is 7.21. The molecule has 0 spiro atoms. The van der Waals surface area contributed by atoms with Crippen LogP contribution in [0.3, 0.4) is 0 Å².